The number of carboxylic acids is 1. The highest BCUT2D eigenvalue weighted by molar-refractivity contribution is 8.00. The molecule has 1 aromatic rings. The number of carbonyl (C=O) groups excluding carboxylic acids is 1. The molecule has 1 saturated carbocycles. The lowest BCUT2D eigenvalue weighted by Gasteiger charge is -2.09. The second-order valence-electron chi connectivity index (χ2n) is 4.52. The fourth-order valence-electron chi connectivity index (χ4n) is 1.77. The van der Waals surface area contributed by atoms with E-state index < -0.39 is 5.97 Å². The lowest BCUT2D eigenvalue weighted by atomic mass is 10.2. The molecule has 0 bridgehead atoms. The van der Waals surface area contributed by atoms with Gasteiger partial charge in [-0.3, -0.25) is 4.79 Å². The van der Waals surface area contributed by atoms with E-state index in [1.807, 2.05) is 0 Å². The molecule has 0 radical (unpaired) electrons. The maximum atomic E-state index is 11.4. The fraction of sp³-hybridized carbons (Fsp3) is 0.538. The summed E-state index contributed by atoms with van der Waals surface area (Å²) in [5.74, 6) is -0.388. The van der Waals surface area contributed by atoms with E-state index in [-0.39, 0.29) is 17.3 Å². The van der Waals surface area contributed by atoms with Crippen molar-refractivity contribution in [1.29, 1.82) is 0 Å². The van der Waals surface area contributed by atoms with Crippen molar-refractivity contribution >= 4 is 23.7 Å². The number of aryl methyl sites for hydroxylation is 1. The molecule has 108 valence electrons. The van der Waals surface area contributed by atoms with E-state index in [9.17, 15) is 14.7 Å². The minimum absolute atomic E-state index is 0.0503. The number of aromatic carboxylic acids is 1. The highest BCUT2D eigenvalue weighted by atomic mass is 32.2. The third-order valence-electron chi connectivity index (χ3n) is 2.86. The van der Waals surface area contributed by atoms with Crippen molar-refractivity contribution in [3.8, 4) is 0 Å². The number of esters is 1. The van der Waals surface area contributed by atoms with Crippen LogP contribution in [0.4, 0.5) is 0 Å². The van der Waals surface area contributed by atoms with Gasteiger partial charge >= 0.3 is 11.9 Å². The lowest BCUT2D eigenvalue weighted by molar-refractivity contribution is -0.139. The number of hydrogen-bond acceptors (Lipinski definition) is 6. The zero-order valence-corrected chi connectivity index (χ0v) is 12.2. The molecule has 0 saturated heterocycles. The van der Waals surface area contributed by atoms with E-state index >= 15 is 0 Å². The van der Waals surface area contributed by atoms with Crippen LogP contribution >= 0.6 is 11.8 Å². The Morgan fingerprint density at radius 3 is 2.65 bits per heavy atom. The predicted molar refractivity (Wildman–Crippen MR) is 73.1 cm³/mol. The van der Waals surface area contributed by atoms with Crippen LogP contribution in [0.3, 0.4) is 0 Å². The van der Waals surface area contributed by atoms with Gasteiger partial charge in [0.15, 0.2) is 0 Å². The number of hydrogen-bond donors (Lipinski definition) is 1. The van der Waals surface area contributed by atoms with Crippen molar-refractivity contribution in [2.45, 2.75) is 37.6 Å². The summed E-state index contributed by atoms with van der Waals surface area (Å²) >= 11 is 1.09. The second kappa shape index (κ2) is 6.21. The standard InChI is InChI=1S/C13H16N2O4S/c1-3-19-9(16)6-20-12-10(13(17)18)7(2)14-11(15-12)8-4-5-8/h8H,3-6H2,1-2H3,(H,17,18). The van der Waals surface area contributed by atoms with Gasteiger partial charge in [0.1, 0.15) is 16.4 Å². The van der Waals surface area contributed by atoms with E-state index in [1.165, 1.54) is 0 Å². The van der Waals surface area contributed by atoms with E-state index in [1.54, 1.807) is 13.8 Å². The third kappa shape index (κ3) is 3.47. The summed E-state index contributed by atoms with van der Waals surface area (Å²) in [4.78, 5) is 31.3. The summed E-state index contributed by atoms with van der Waals surface area (Å²) < 4.78 is 4.83. The van der Waals surface area contributed by atoms with Crippen LogP contribution in [0.5, 0.6) is 0 Å². The van der Waals surface area contributed by atoms with Crippen molar-refractivity contribution in [2.24, 2.45) is 0 Å². The SMILES string of the molecule is CCOC(=O)CSc1nc(C2CC2)nc(C)c1C(=O)O. The Balaban J connectivity index is 2.23. The third-order valence-corrected chi connectivity index (χ3v) is 3.81. The van der Waals surface area contributed by atoms with Gasteiger partial charge in [0.25, 0.3) is 0 Å². The molecular weight excluding hydrogens is 280 g/mol. The molecule has 1 aromatic heterocycles. The Kier molecular flexibility index (Phi) is 4.59. The van der Waals surface area contributed by atoms with Gasteiger partial charge in [-0.1, -0.05) is 11.8 Å². The molecule has 1 N–H and O–H groups in total. The number of rotatable bonds is 6. The number of ether oxygens (including phenoxy) is 1. The summed E-state index contributed by atoms with van der Waals surface area (Å²) in [6.45, 7) is 3.69. The van der Waals surface area contributed by atoms with Crippen molar-refractivity contribution in [3.63, 3.8) is 0 Å². The first-order valence-corrected chi connectivity index (χ1v) is 7.41. The van der Waals surface area contributed by atoms with Gasteiger partial charge in [-0.05, 0) is 26.7 Å². The molecule has 0 spiro atoms. The monoisotopic (exact) mass is 296 g/mol. The first kappa shape index (κ1) is 14.8. The van der Waals surface area contributed by atoms with Crippen molar-refractivity contribution < 1.29 is 19.4 Å². The number of carbonyl (C=O) groups is 2. The molecule has 1 aliphatic carbocycles. The molecule has 1 aliphatic rings. The van der Waals surface area contributed by atoms with Crippen LogP contribution in [0.15, 0.2) is 5.03 Å². The summed E-state index contributed by atoms with van der Waals surface area (Å²) in [6, 6.07) is 0. The van der Waals surface area contributed by atoms with E-state index in [4.69, 9.17) is 4.74 Å². The molecule has 1 fully saturated rings. The van der Waals surface area contributed by atoms with Gasteiger partial charge in [0.05, 0.1) is 18.1 Å². The van der Waals surface area contributed by atoms with Gasteiger partial charge in [0, 0.05) is 5.92 Å². The van der Waals surface area contributed by atoms with Gasteiger partial charge in [-0.25, -0.2) is 14.8 Å². The van der Waals surface area contributed by atoms with Gasteiger partial charge in [-0.15, -0.1) is 0 Å². The first-order chi connectivity index (χ1) is 9.52. The van der Waals surface area contributed by atoms with Crippen molar-refractivity contribution in [1.82, 2.24) is 9.97 Å². The van der Waals surface area contributed by atoms with Crippen LogP contribution in [0, 0.1) is 6.92 Å². The molecule has 0 amide bonds. The lowest BCUT2D eigenvalue weighted by Crippen LogP contribution is -2.12. The van der Waals surface area contributed by atoms with Gasteiger partial charge in [0.2, 0.25) is 0 Å². The van der Waals surface area contributed by atoms with E-state index in [0.29, 0.717) is 29.1 Å². The Bertz CT molecular complexity index is 543. The summed E-state index contributed by atoms with van der Waals surface area (Å²) in [5, 5.41) is 9.60. The zero-order valence-electron chi connectivity index (χ0n) is 11.4. The Morgan fingerprint density at radius 1 is 1.40 bits per heavy atom. The fourth-order valence-corrected chi connectivity index (χ4v) is 2.65. The second-order valence-corrected chi connectivity index (χ2v) is 5.48. The van der Waals surface area contributed by atoms with Crippen LogP contribution < -0.4 is 0 Å². The topological polar surface area (TPSA) is 89.4 Å². The van der Waals surface area contributed by atoms with Crippen molar-refractivity contribution in [2.75, 3.05) is 12.4 Å². The Labute approximate surface area is 121 Å². The normalized spacial score (nSPS) is 14.1. The van der Waals surface area contributed by atoms with Gasteiger partial charge in [-0.2, -0.15) is 0 Å². The molecule has 2 rings (SSSR count). The molecule has 20 heavy (non-hydrogen) atoms. The maximum Gasteiger partial charge on any atom is 0.340 e. The molecule has 6 nitrogen and oxygen atoms in total. The minimum atomic E-state index is -1.07. The molecule has 0 aliphatic heterocycles. The van der Waals surface area contributed by atoms with Crippen molar-refractivity contribution in [3.05, 3.63) is 17.1 Å². The van der Waals surface area contributed by atoms with Gasteiger partial charge < -0.3 is 9.84 Å². The smallest absolute Gasteiger partial charge is 0.340 e. The average molecular weight is 296 g/mol. The highest BCUT2D eigenvalue weighted by Crippen LogP contribution is 2.39. The van der Waals surface area contributed by atoms with E-state index in [2.05, 4.69) is 9.97 Å². The molecule has 0 atom stereocenters. The maximum absolute atomic E-state index is 11.4. The molecule has 1 heterocycles. The molecule has 0 unspecified atom stereocenters. The summed E-state index contributed by atoms with van der Waals surface area (Å²) in [6.07, 6.45) is 2.07. The van der Waals surface area contributed by atoms with E-state index in [0.717, 1.165) is 24.6 Å². The highest BCUT2D eigenvalue weighted by Gasteiger charge is 2.29. The van der Waals surface area contributed by atoms with Crippen LogP contribution in [0.25, 0.3) is 0 Å². The summed E-state index contributed by atoms with van der Waals surface area (Å²) in [5.41, 5.74) is 0.518. The van der Waals surface area contributed by atoms with Crippen LogP contribution in [0.1, 0.15) is 47.6 Å². The predicted octanol–water partition coefficient (Wildman–Crippen LogP) is 2.02. The number of thioether (sulfide) groups is 1. The van der Waals surface area contributed by atoms with Crippen LogP contribution in [-0.2, 0) is 9.53 Å². The zero-order chi connectivity index (χ0) is 14.7. The summed E-state index contributed by atoms with van der Waals surface area (Å²) in [7, 11) is 0. The first-order valence-electron chi connectivity index (χ1n) is 6.43. The molecular formula is C13H16N2O4S. The van der Waals surface area contributed by atoms with Crippen LogP contribution in [-0.4, -0.2) is 39.4 Å². The minimum Gasteiger partial charge on any atom is -0.478 e. The molecule has 7 heteroatoms. The Morgan fingerprint density at radius 2 is 2.10 bits per heavy atom. The Hall–Kier alpha value is -1.63. The molecule has 0 aromatic carbocycles. The van der Waals surface area contributed by atoms with Crippen LogP contribution in [0.2, 0.25) is 0 Å². The quantitative estimate of drug-likeness (QED) is 0.488. The average Bonchev–Trinajstić information content (AvgIpc) is 3.19. The number of aromatic nitrogens is 2. The largest absolute Gasteiger partial charge is 0.478 e. The number of nitrogens with zero attached hydrogens (tertiary/aromatic N) is 2. The number of carboxylic acid groups (broad SMARTS) is 1.